The quantitative estimate of drug-likeness (QED) is 0.388. The summed E-state index contributed by atoms with van der Waals surface area (Å²) < 4.78 is 5.98. The van der Waals surface area contributed by atoms with Crippen LogP contribution in [-0.2, 0) is 23.4 Å². The number of rotatable bonds is 8. The number of carboxylic acids is 1. The van der Waals surface area contributed by atoms with Gasteiger partial charge in [0.2, 0.25) is 0 Å². The van der Waals surface area contributed by atoms with E-state index in [2.05, 4.69) is 77.2 Å². The van der Waals surface area contributed by atoms with Crippen molar-refractivity contribution in [3.8, 4) is 17.6 Å². The molecule has 0 saturated carbocycles. The van der Waals surface area contributed by atoms with Gasteiger partial charge in [0.15, 0.2) is 0 Å². The maximum Gasteiger partial charge on any atom is 0.304 e. The van der Waals surface area contributed by atoms with Gasteiger partial charge in [-0.1, -0.05) is 60.5 Å². The molecule has 1 fully saturated rings. The fourth-order valence-corrected chi connectivity index (χ4v) is 6.01. The van der Waals surface area contributed by atoms with Crippen molar-refractivity contribution >= 4 is 11.7 Å². The molecule has 0 radical (unpaired) electrons. The number of piperidine rings is 1. The van der Waals surface area contributed by atoms with Gasteiger partial charge >= 0.3 is 5.97 Å². The summed E-state index contributed by atoms with van der Waals surface area (Å²) in [6, 6.07) is 25.2. The summed E-state index contributed by atoms with van der Waals surface area (Å²) in [7, 11) is 2.22. The van der Waals surface area contributed by atoms with Crippen LogP contribution in [0.15, 0.2) is 72.8 Å². The third kappa shape index (κ3) is 5.71. The van der Waals surface area contributed by atoms with Crippen molar-refractivity contribution in [2.24, 2.45) is 0 Å². The first-order chi connectivity index (χ1) is 18.5. The number of likely N-dealkylation sites (tertiary alicyclic amines) is 1. The van der Waals surface area contributed by atoms with Crippen molar-refractivity contribution in [1.82, 2.24) is 4.90 Å². The third-order valence-corrected chi connectivity index (χ3v) is 8.05. The van der Waals surface area contributed by atoms with Gasteiger partial charge in [-0.2, -0.15) is 0 Å². The van der Waals surface area contributed by atoms with Crippen molar-refractivity contribution in [2.75, 3.05) is 31.6 Å². The molecular weight excluding hydrogens is 472 g/mol. The Kier molecular flexibility index (Phi) is 7.72. The van der Waals surface area contributed by atoms with Crippen molar-refractivity contribution in [3.63, 3.8) is 0 Å². The van der Waals surface area contributed by atoms with Crippen LogP contribution < -0.4 is 9.64 Å². The molecule has 1 unspecified atom stereocenters. The van der Waals surface area contributed by atoms with Gasteiger partial charge in [-0.3, -0.25) is 9.69 Å². The molecule has 3 aromatic carbocycles. The number of anilines is 1. The van der Waals surface area contributed by atoms with E-state index in [1.807, 2.05) is 24.3 Å². The molecule has 0 aliphatic carbocycles. The number of para-hydroxylation sites is 1. The number of fused-ring (bicyclic) bond motifs is 2. The van der Waals surface area contributed by atoms with Gasteiger partial charge in [0, 0.05) is 31.2 Å². The molecule has 5 rings (SSSR count). The van der Waals surface area contributed by atoms with Gasteiger partial charge in [0.05, 0.1) is 12.3 Å². The number of hydrogen-bond acceptors (Lipinski definition) is 4. The van der Waals surface area contributed by atoms with E-state index in [1.54, 1.807) is 6.92 Å². The van der Waals surface area contributed by atoms with Gasteiger partial charge in [-0.25, -0.2) is 0 Å². The molecule has 0 bridgehead atoms. The molecule has 1 atom stereocenters. The van der Waals surface area contributed by atoms with Gasteiger partial charge in [0.1, 0.15) is 12.4 Å². The minimum atomic E-state index is -0.849. The molecule has 2 heterocycles. The van der Waals surface area contributed by atoms with E-state index in [1.165, 1.54) is 29.7 Å². The molecule has 5 nitrogen and oxygen atoms in total. The number of carbonyl (C=O) groups is 1. The summed E-state index contributed by atoms with van der Waals surface area (Å²) in [6.07, 6.45) is 2.42. The maximum atomic E-state index is 11.1. The van der Waals surface area contributed by atoms with Crippen molar-refractivity contribution in [3.05, 3.63) is 95.1 Å². The highest BCUT2D eigenvalue weighted by Gasteiger charge is 2.43. The van der Waals surface area contributed by atoms with Gasteiger partial charge in [0.25, 0.3) is 0 Å². The van der Waals surface area contributed by atoms with Gasteiger partial charge in [-0.15, -0.1) is 5.92 Å². The third-order valence-electron chi connectivity index (χ3n) is 8.05. The lowest BCUT2D eigenvalue weighted by Crippen LogP contribution is -2.44. The normalized spacial score (nSPS) is 16.9. The molecule has 196 valence electrons. The minimum Gasteiger partial charge on any atom is -0.489 e. The molecule has 1 N–H and O–H groups in total. The first-order valence-corrected chi connectivity index (χ1v) is 13.4. The lowest BCUT2D eigenvalue weighted by molar-refractivity contribution is -0.137. The molecule has 2 aliphatic rings. The molecule has 0 aromatic heterocycles. The summed E-state index contributed by atoms with van der Waals surface area (Å²) in [6.45, 7) is 6.59. The molecular formula is C33H36N2O3. The summed E-state index contributed by atoms with van der Waals surface area (Å²) in [5.41, 5.74) is 6.60. The van der Waals surface area contributed by atoms with E-state index in [0.717, 1.165) is 43.1 Å². The zero-order chi connectivity index (χ0) is 26.5. The van der Waals surface area contributed by atoms with Crippen LogP contribution in [0.25, 0.3) is 0 Å². The summed E-state index contributed by atoms with van der Waals surface area (Å²) in [4.78, 5) is 16.1. The molecule has 1 spiro atoms. The molecule has 5 heteroatoms. The number of carboxylic acid groups (broad SMARTS) is 1. The van der Waals surface area contributed by atoms with Crippen LogP contribution >= 0.6 is 0 Å². The fraction of sp³-hybridized carbons (Fsp3) is 0.364. The monoisotopic (exact) mass is 508 g/mol. The first-order valence-electron chi connectivity index (χ1n) is 13.4. The van der Waals surface area contributed by atoms with E-state index in [-0.39, 0.29) is 12.3 Å². The van der Waals surface area contributed by atoms with Crippen LogP contribution in [0.5, 0.6) is 5.75 Å². The zero-order valence-electron chi connectivity index (χ0n) is 22.3. The van der Waals surface area contributed by atoms with Crippen LogP contribution in [-0.4, -0.2) is 42.7 Å². The predicted octanol–water partition coefficient (Wildman–Crippen LogP) is 5.83. The van der Waals surface area contributed by atoms with E-state index in [9.17, 15) is 4.79 Å². The summed E-state index contributed by atoms with van der Waals surface area (Å²) >= 11 is 0. The SMILES string of the molecule is CC#CC(CC(=O)O)c1ccc(OCc2ccc(CN3CCC4(CC3)CN(C)c3ccccc34)cc2)cc1. The highest BCUT2D eigenvalue weighted by atomic mass is 16.5. The first kappa shape index (κ1) is 25.9. The molecule has 38 heavy (non-hydrogen) atoms. The maximum absolute atomic E-state index is 11.1. The van der Waals surface area contributed by atoms with Crippen molar-refractivity contribution in [1.29, 1.82) is 0 Å². The van der Waals surface area contributed by atoms with Gasteiger partial charge in [-0.05, 0) is 73.3 Å². The minimum absolute atomic E-state index is 0.00298. The van der Waals surface area contributed by atoms with E-state index < -0.39 is 5.97 Å². The second-order valence-corrected chi connectivity index (χ2v) is 10.6. The Morgan fingerprint density at radius 2 is 1.68 bits per heavy atom. The van der Waals surface area contributed by atoms with Crippen LogP contribution in [0.2, 0.25) is 0 Å². The number of ether oxygens (including phenoxy) is 1. The van der Waals surface area contributed by atoms with Crippen LogP contribution in [0.1, 0.15) is 54.4 Å². The Bertz CT molecular complexity index is 1310. The van der Waals surface area contributed by atoms with Gasteiger partial charge < -0.3 is 14.7 Å². The molecule has 2 aliphatic heterocycles. The number of likely N-dealkylation sites (N-methyl/N-ethyl adjacent to an activating group) is 1. The summed E-state index contributed by atoms with van der Waals surface area (Å²) in [5, 5.41) is 9.14. The van der Waals surface area contributed by atoms with E-state index >= 15 is 0 Å². The smallest absolute Gasteiger partial charge is 0.304 e. The van der Waals surface area contributed by atoms with E-state index in [0.29, 0.717) is 12.0 Å². The van der Waals surface area contributed by atoms with Crippen LogP contribution in [0.3, 0.4) is 0 Å². The Morgan fingerprint density at radius 3 is 2.37 bits per heavy atom. The number of benzene rings is 3. The van der Waals surface area contributed by atoms with Crippen LogP contribution in [0.4, 0.5) is 5.69 Å². The fourth-order valence-electron chi connectivity index (χ4n) is 6.01. The average molecular weight is 509 g/mol. The summed E-state index contributed by atoms with van der Waals surface area (Å²) in [5.74, 6) is 5.42. The highest BCUT2D eigenvalue weighted by Crippen LogP contribution is 2.46. The van der Waals surface area contributed by atoms with Crippen molar-refractivity contribution < 1.29 is 14.6 Å². The molecule has 3 aromatic rings. The predicted molar refractivity (Wildman–Crippen MR) is 152 cm³/mol. The number of hydrogen-bond donors (Lipinski definition) is 1. The van der Waals surface area contributed by atoms with Crippen LogP contribution in [0, 0.1) is 11.8 Å². The second-order valence-electron chi connectivity index (χ2n) is 10.6. The highest BCUT2D eigenvalue weighted by molar-refractivity contribution is 5.69. The zero-order valence-corrected chi connectivity index (χ0v) is 22.3. The standard InChI is InChI=1S/C33H36N2O3/c1-3-6-28(21-32(36)37)27-13-15-29(16-14-27)38-23-26-11-9-25(10-12-26)22-35-19-17-33(18-20-35)24-34(2)31-8-5-4-7-30(31)33/h4-5,7-16,28H,17-24H2,1-2H3,(H,36,37). The lowest BCUT2D eigenvalue weighted by atomic mass is 9.74. The Hall–Kier alpha value is -3.75. The topological polar surface area (TPSA) is 53.0 Å². The second kappa shape index (κ2) is 11.3. The molecule has 0 amide bonds. The Morgan fingerprint density at radius 1 is 1.00 bits per heavy atom. The largest absolute Gasteiger partial charge is 0.489 e. The van der Waals surface area contributed by atoms with E-state index in [4.69, 9.17) is 9.84 Å². The Balaban J connectivity index is 1.12. The number of nitrogens with zero attached hydrogens (tertiary/aromatic N) is 2. The lowest BCUT2D eigenvalue weighted by Gasteiger charge is -2.40. The average Bonchev–Trinajstić information content (AvgIpc) is 3.20. The van der Waals surface area contributed by atoms with Crippen molar-refractivity contribution in [2.45, 2.75) is 50.7 Å². The number of aliphatic carboxylic acids is 1. The Labute approximate surface area is 226 Å². The molecule has 1 saturated heterocycles.